The monoisotopic (exact) mass is 348 g/mol. The predicted octanol–water partition coefficient (Wildman–Crippen LogP) is 4.07. The van der Waals surface area contributed by atoms with Crippen LogP contribution in [0.2, 0.25) is 0 Å². The van der Waals surface area contributed by atoms with Gasteiger partial charge in [-0.3, -0.25) is 25.0 Å². The van der Waals surface area contributed by atoms with Gasteiger partial charge in [0, 0.05) is 6.07 Å². The number of nitro benzene ring substituents is 2. The molecule has 0 amide bonds. The van der Waals surface area contributed by atoms with Crippen molar-refractivity contribution in [2.75, 3.05) is 0 Å². The lowest BCUT2D eigenvalue weighted by Gasteiger charge is -2.06. The van der Waals surface area contributed by atoms with Gasteiger partial charge in [-0.15, -0.1) is 0 Å². The van der Waals surface area contributed by atoms with Crippen LogP contribution in [0.25, 0.3) is 6.08 Å². The number of carbonyl (C=O) groups is 1. The van der Waals surface area contributed by atoms with Gasteiger partial charge in [0.05, 0.1) is 20.9 Å². The van der Waals surface area contributed by atoms with Crippen molar-refractivity contribution in [2.45, 2.75) is 0 Å². The summed E-state index contributed by atoms with van der Waals surface area (Å²) >= 11 is 5.63. The molecule has 0 radical (unpaired) electrons. The van der Waals surface area contributed by atoms with Gasteiger partial charge in [-0.2, -0.15) is 0 Å². The van der Waals surface area contributed by atoms with Crippen molar-refractivity contribution < 1.29 is 19.4 Å². The third-order valence-corrected chi connectivity index (χ3v) is 3.05. The molecule has 0 aliphatic rings. The molecule has 0 atom stereocenters. The zero-order chi connectivity index (χ0) is 17.7. The fraction of sp³-hybridized carbons (Fsp3) is 0. The number of allylic oxidation sites excluding steroid dienone is 1. The van der Waals surface area contributed by atoms with Gasteiger partial charge in [-0.05, 0) is 29.8 Å². The smallest absolute Gasteiger partial charge is 0.349 e. The number of hydrogen-bond acceptors (Lipinski definition) is 6. The van der Waals surface area contributed by atoms with Gasteiger partial charge in [0.25, 0.3) is 0 Å². The van der Waals surface area contributed by atoms with E-state index in [1.54, 1.807) is 24.3 Å². The zero-order valence-electron chi connectivity index (χ0n) is 11.9. The molecule has 0 aliphatic carbocycles. The average molecular weight is 349 g/mol. The van der Waals surface area contributed by atoms with Crippen molar-refractivity contribution in [1.29, 1.82) is 0 Å². The van der Waals surface area contributed by atoms with Crippen molar-refractivity contribution in [3.05, 3.63) is 73.3 Å². The highest BCUT2D eigenvalue weighted by molar-refractivity contribution is 6.40. The van der Waals surface area contributed by atoms with Gasteiger partial charge in [-0.25, -0.2) is 0 Å². The second kappa shape index (κ2) is 7.34. The number of nitrogens with zero attached hydrogens (tertiary/aromatic N) is 2. The van der Waals surface area contributed by atoms with E-state index < -0.39 is 21.2 Å². The molecule has 0 spiro atoms. The van der Waals surface area contributed by atoms with Crippen molar-refractivity contribution in [2.24, 2.45) is 0 Å². The minimum atomic E-state index is -0.853. The molecule has 0 bridgehead atoms. The number of ether oxygens (including phenoxy) is 1. The topological polar surface area (TPSA) is 113 Å². The maximum atomic E-state index is 10.9. The highest BCUT2D eigenvalue weighted by atomic mass is 35.5. The normalized spacial score (nSPS) is 11.0. The molecule has 0 saturated heterocycles. The van der Waals surface area contributed by atoms with E-state index in [-0.39, 0.29) is 10.8 Å². The van der Waals surface area contributed by atoms with E-state index in [1.807, 2.05) is 0 Å². The molecule has 0 saturated carbocycles. The van der Waals surface area contributed by atoms with Crippen molar-refractivity contribution in [1.82, 2.24) is 0 Å². The summed E-state index contributed by atoms with van der Waals surface area (Å²) in [7, 11) is 0. The molecule has 122 valence electrons. The standard InChI is InChI=1S/C15H9ClN2O6/c16-11(9-19)6-10-2-1-3-12(7-10)24-13-4-5-14(17(20)21)15(8-13)18(22)23/h1-9H/b11-6-. The van der Waals surface area contributed by atoms with Gasteiger partial charge < -0.3 is 4.74 Å². The van der Waals surface area contributed by atoms with Crippen molar-refractivity contribution >= 4 is 35.3 Å². The van der Waals surface area contributed by atoms with Crippen LogP contribution in [0, 0.1) is 20.2 Å². The number of nitro groups is 2. The van der Waals surface area contributed by atoms with E-state index in [1.165, 1.54) is 12.1 Å². The van der Waals surface area contributed by atoms with E-state index >= 15 is 0 Å². The highest BCUT2D eigenvalue weighted by Gasteiger charge is 2.24. The molecule has 0 unspecified atom stereocenters. The Morgan fingerprint density at radius 1 is 1.00 bits per heavy atom. The first-order valence-electron chi connectivity index (χ1n) is 6.44. The minimum Gasteiger partial charge on any atom is -0.457 e. The van der Waals surface area contributed by atoms with E-state index in [2.05, 4.69) is 0 Å². The lowest BCUT2D eigenvalue weighted by Crippen LogP contribution is -1.97. The molecule has 0 heterocycles. The number of aldehydes is 1. The molecule has 0 fully saturated rings. The van der Waals surface area contributed by atoms with Gasteiger partial charge in [0.2, 0.25) is 0 Å². The van der Waals surface area contributed by atoms with E-state index in [0.29, 0.717) is 17.6 Å². The van der Waals surface area contributed by atoms with E-state index in [4.69, 9.17) is 16.3 Å². The molecule has 2 aromatic carbocycles. The van der Waals surface area contributed by atoms with Crippen LogP contribution < -0.4 is 4.74 Å². The number of hydrogen-bond donors (Lipinski definition) is 0. The van der Waals surface area contributed by atoms with Crippen LogP contribution in [-0.2, 0) is 4.79 Å². The molecule has 8 nitrogen and oxygen atoms in total. The minimum absolute atomic E-state index is 0.00174. The Labute approximate surface area is 140 Å². The zero-order valence-corrected chi connectivity index (χ0v) is 12.7. The van der Waals surface area contributed by atoms with Crippen LogP contribution >= 0.6 is 11.6 Å². The largest absolute Gasteiger partial charge is 0.457 e. The number of halogens is 1. The Balaban J connectivity index is 2.33. The summed E-state index contributed by atoms with van der Waals surface area (Å²) in [6, 6.07) is 9.68. The summed E-state index contributed by atoms with van der Waals surface area (Å²) in [4.78, 5) is 30.5. The Kier molecular flexibility index (Phi) is 5.23. The molecule has 9 heteroatoms. The maximum Gasteiger partial charge on any atom is 0.349 e. The van der Waals surface area contributed by atoms with Crippen LogP contribution in [0.3, 0.4) is 0 Å². The predicted molar refractivity (Wildman–Crippen MR) is 86.2 cm³/mol. The van der Waals surface area contributed by atoms with Gasteiger partial charge in [0.1, 0.15) is 11.5 Å². The second-order valence-corrected chi connectivity index (χ2v) is 4.92. The quantitative estimate of drug-likeness (QED) is 0.336. The molecule has 2 aromatic rings. The van der Waals surface area contributed by atoms with Gasteiger partial charge >= 0.3 is 11.4 Å². The second-order valence-electron chi connectivity index (χ2n) is 4.49. The first kappa shape index (κ1) is 17.1. The molecule has 0 aliphatic heterocycles. The lowest BCUT2D eigenvalue weighted by atomic mass is 10.2. The molecule has 0 N–H and O–H groups in total. The number of benzene rings is 2. The van der Waals surface area contributed by atoms with Crippen LogP contribution in [-0.4, -0.2) is 16.1 Å². The highest BCUT2D eigenvalue weighted by Crippen LogP contribution is 2.33. The summed E-state index contributed by atoms with van der Waals surface area (Å²) in [6.45, 7) is 0. The summed E-state index contributed by atoms with van der Waals surface area (Å²) in [5.74, 6) is 0.386. The summed E-state index contributed by atoms with van der Waals surface area (Å²) in [6.07, 6.45) is 1.90. The van der Waals surface area contributed by atoms with Crippen molar-refractivity contribution in [3.8, 4) is 11.5 Å². The Hall–Kier alpha value is -3.26. The van der Waals surface area contributed by atoms with E-state index in [0.717, 1.165) is 12.1 Å². The van der Waals surface area contributed by atoms with E-state index in [9.17, 15) is 25.0 Å². The first-order valence-corrected chi connectivity index (χ1v) is 6.81. The molecule has 24 heavy (non-hydrogen) atoms. The van der Waals surface area contributed by atoms with Crippen LogP contribution in [0.4, 0.5) is 11.4 Å². The maximum absolute atomic E-state index is 10.9. The Bertz CT molecular complexity index is 850. The number of carbonyl (C=O) groups excluding carboxylic acids is 1. The Morgan fingerprint density at radius 2 is 1.67 bits per heavy atom. The Morgan fingerprint density at radius 3 is 2.29 bits per heavy atom. The van der Waals surface area contributed by atoms with Crippen molar-refractivity contribution in [3.63, 3.8) is 0 Å². The summed E-state index contributed by atoms with van der Waals surface area (Å²) < 4.78 is 5.47. The fourth-order valence-corrected chi connectivity index (χ4v) is 1.99. The average Bonchev–Trinajstić information content (AvgIpc) is 2.54. The third kappa shape index (κ3) is 4.14. The molecular formula is C15H9ClN2O6. The summed E-state index contributed by atoms with van der Waals surface area (Å²) in [5.41, 5.74) is -0.708. The first-order chi connectivity index (χ1) is 11.4. The third-order valence-electron chi connectivity index (χ3n) is 2.85. The van der Waals surface area contributed by atoms with Gasteiger partial charge in [-0.1, -0.05) is 23.7 Å². The molecule has 0 aromatic heterocycles. The molecular weight excluding hydrogens is 340 g/mol. The lowest BCUT2D eigenvalue weighted by molar-refractivity contribution is -0.422. The number of rotatable bonds is 6. The SMILES string of the molecule is O=C/C(Cl)=C/c1cccc(Oc2ccc([N+](=O)[O-])c([N+](=O)[O-])c2)c1. The molecule has 2 rings (SSSR count). The summed E-state index contributed by atoms with van der Waals surface area (Å²) in [5, 5.41) is 21.7. The fourth-order valence-electron chi connectivity index (χ4n) is 1.86. The van der Waals surface area contributed by atoms with Gasteiger partial charge in [0.15, 0.2) is 6.29 Å². The van der Waals surface area contributed by atoms with Crippen LogP contribution in [0.15, 0.2) is 47.5 Å². The van der Waals surface area contributed by atoms with Crippen LogP contribution in [0.5, 0.6) is 11.5 Å². The van der Waals surface area contributed by atoms with Crippen LogP contribution in [0.1, 0.15) is 5.56 Å².